The Labute approximate surface area is 220 Å². The molecule has 4 rings (SSSR count). The zero-order valence-electron chi connectivity index (χ0n) is 21.0. The minimum absolute atomic E-state index is 0.0361. The molecule has 1 saturated heterocycles. The van der Waals surface area contributed by atoms with Crippen LogP contribution < -0.4 is 14.2 Å². The molecule has 1 heterocycles. The molecule has 192 valence electrons. The van der Waals surface area contributed by atoms with Gasteiger partial charge in [-0.1, -0.05) is 41.9 Å². The number of benzene rings is 3. The predicted molar refractivity (Wildman–Crippen MR) is 141 cm³/mol. The molecule has 0 radical (unpaired) electrons. The van der Waals surface area contributed by atoms with Crippen LogP contribution in [-0.4, -0.2) is 42.0 Å². The van der Waals surface area contributed by atoms with Crippen molar-refractivity contribution in [3.63, 3.8) is 0 Å². The number of halogens is 1. The van der Waals surface area contributed by atoms with Crippen molar-refractivity contribution in [3.8, 4) is 17.2 Å². The SMILES string of the molecule is COc1cc(/C(O)=C2/C(=O)C(=O)N(Cc3ccccc3OC)C2c2cccc(OC(C)C)c2)ccc1Cl. The van der Waals surface area contributed by atoms with Crippen molar-refractivity contribution in [2.45, 2.75) is 32.5 Å². The first-order chi connectivity index (χ1) is 17.7. The van der Waals surface area contributed by atoms with Crippen LogP contribution in [0, 0.1) is 0 Å². The van der Waals surface area contributed by atoms with E-state index in [1.807, 2.05) is 32.0 Å². The number of methoxy groups -OCH3 is 2. The van der Waals surface area contributed by atoms with E-state index in [-0.39, 0.29) is 24.0 Å². The average Bonchev–Trinajstić information content (AvgIpc) is 3.13. The molecule has 1 N–H and O–H groups in total. The lowest BCUT2D eigenvalue weighted by Crippen LogP contribution is -2.29. The standard InChI is InChI=1S/C29H28ClNO6/c1-17(2)37-21-10-7-9-18(14-21)26-25(27(32)19-12-13-22(30)24(15-19)36-4)28(33)29(34)31(26)16-20-8-5-6-11-23(20)35-3/h5-15,17,26,32H,16H2,1-4H3/b27-25-. The number of ether oxygens (including phenoxy) is 3. The normalized spacial score (nSPS) is 16.8. The number of rotatable bonds is 8. The van der Waals surface area contributed by atoms with Crippen LogP contribution >= 0.6 is 11.6 Å². The minimum atomic E-state index is -0.873. The summed E-state index contributed by atoms with van der Waals surface area (Å²) in [6.45, 7) is 3.91. The van der Waals surface area contributed by atoms with Crippen molar-refractivity contribution in [3.05, 3.63) is 94.0 Å². The highest BCUT2D eigenvalue weighted by Gasteiger charge is 2.46. The first-order valence-electron chi connectivity index (χ1n) is 11.8. The molecule has 0 aromatic heterocycles. The number of hydrogen-bond acceptors (Lipinski definition) is 6. The molecule has 1 unspecified atom stereocenters. The Balaban J connectivity index is 1.89. The number of Topliss-reactive ketones (excluding diaryl/α,β-unsaturated/α-hetero) is 1. The predicted octanol–water partition coefficient (Wildman–Crippen LogP) is 5.77. The maximum absolute atomic E-state index is 13.4. The number of likely N-dealkylation sites (tertiary alicyclic amines) is 1. The van der Waals surface area contributed by atoms with Gasteiger partial charge >= 0.3 is 0 Å². The number of aliphatic hydroxyl groups excluding tert-OH is 1. The Morgan fingerprint density at radius 3 is 2.41 bits per heavy atom. The van der Waals surface area contributed by atoms with Gasteiger partial charge in [-0.3, -0.25) is 9.59 Å². The molecule has 0 bridgehead atoms. The van der Waals surface area contributed by atoms with E-state index in [0.717, 1.165) is 5.56 Å². The van der Waals surface area contributed by atoms with Gasteiger partial charge in [0.25, 0.3) is 11.7 Å². The van der Waals surface area contributed by atoms with Gasteiger partial charge in [-0.2, -0.15) is 0 Å². The summed E-state index contributed by atoms with van der Waals surface area (Å²) in [5.41, 5.74) is 1.61. The largest absolute Gasteiger partial charge is 0.507 e. The summed E-state index contributed by atoms with van der Waals surface area (Å²) in [4.78, 5) is 28.2. The minimum Gasteiger partial charge on any atom is -0.507 e. The lowest BCUT2D eigenvalue weighted by molar-refractivity contribution is -0.140. The maximum Gasteiger partial charge on any atom is 0.295 e. The van der Waals surface area contributed by atoms with Crippen molar-refractivity contribution >= 4 is 29.1 Å². The van der Waals surface area contributed by atoms with E-state index in [0.29, 0.717) is 33.4 Å². The molecule has 0 saturated carbocycles. The van der Waals surface area contributed by atoms with Gasteiger partial charge in [0.2, 0.25) is 0 Å². The van der Waals surface area contributed by atoms with Crippen LogP contribution in [0.2, 0.25) is 5.02 Å². The van der Waals surface area contributed by atoms with E-state index in [4.69, 9.17) is 25.8 Å². The lowest BCUT2D eigenvalue weighted by Gasteiger charge is -2.26. The topological polar surface area (TPSA) is 85.3 Å². The molecule has 1 aliphatic rings. The Morgan fingerprint density at radius 2 is 1.70 bits per heavy atom. The maximum atomic E-state index is 13.4. The molecule has 3 aromatic rings. The smallest absolute Gasteiger partial charge is 0.295 e. The third-order valence-corrected chi connectivity index (χ3v) is 6.36. The van der Waals surface area contributed by atoms with Gasteiger partial charge in [0.1, 0.15) is 23.0 Å². The summed E-state index contributed by atoms with van der Waals surface area (Å²) in [5.74, 6) is -0.338. The second kappa shape index (κ2) is 11.0. The fourth-order valence-corrected chi connectivity index (χ4v) is 4.59. The number of para-hydroxylation sites is 1. The average molecular weight is 522 g/mol. The summed E-state index contributed by atoms with van der Waals surface area (Å²) in [6, 6.07) is 18.3. The molecule has 1 aliphatic heterocycles. The van der Waals surface area contributed by atoms with Crippen molar-refractivity contribution in [1.82, 2.24) is 4.90 Å². The molecular formula is C29H28ClNO6. The second-order valence-corrected chi connectivity index (χ2v) is 9.23. The Bertz CT molecular complexity index is 1370. The van der Waals surface area contributed by atoms with Gasteiger partial charge in [0, 0.05) is 11.1 Å². The number of amides is 1. The third-order valence-electron chi connectivity index (χ3n) is 6.04. The quantitative estimate of drug-likeness (QED) is 0.230. The van der Waals surface area contributed by atoms with Gasteiger partial charge in [0.15, 0.2) is 0 Å². The second-order valence-electron chi connectivity index (χ2n) is 8.83. The van der Waals surface area contributed by atoms with Crippen LogP contribution in [-0.2, 0) is 16.1 Å². The number of nitrogens with zero attached hydrogens (tertiary/aromatic N) is 1. The fourth-order valence-electron chi connectivity index (χ4n) is 4.40. The van der Waals surface area contributed by atoms with E-state index >= 15 is 0 Å². The molecule has 37 heavy (non-hydrogen) atoms. The summed E-state index contributed by atoms with van der Waals surface area (Å²) in [5, 5.41) is 11.7. The van der Waals surface area contributed by atoms with Crippen LogP contribution in [0.4, 0.5) is 0 Å². The fraction of sp³-hybridized carbons (Fsp3) is 0.241. The van der Waals surface area contributed by atoms with E-state index in [2.05, 4.69) is 0 Å². The zero-order chi connectivity index (χ0) is 26.7. The molecule has 1 atom stereocenters. The zero-order valence-corrected chi connectivity index (χ0v) is 21.8. The monoisotopic (exact) mass is 521 g/mol. The summed E-state index contributed by atoms with van der Waals surface area (Å²) < 4.78 is 16.6. The Morgan fingerprint density at radius 1 is 0.973 bits per heavy atom. The van der Waals surface area contributed by atoms with E-state index in [9.17, 15) is 14.7 Å². The van der Waals surface area contributed by atoms with Crippen molar-refractivity contribution < 1.29 is 28.9 Å². The van der Waals surface area contributed by atoms with E-state index in [1.165, 1.54) is 18.1 Å². The number of hydrogen-bond donors (Lipinski definition) is 1. The number of aliphatic hydroxyl groups is 1. The molecule has 0 aliphatic carbocycles. The van der Waals surface area contributed by atoms with Gasteiger partial charge in [-0.05, 0) is 55.8 Å². The highest BCUT2D eigenvalue weighted by molar-refractivity contribution is 6.46. The number of carbonyl (C=O) groups excluding carboxylic acids is 2. The first-order valence-corrected chi connectivity index (χ1v) is 12.1. The molecule has 1 fully saturated rings. The Hall–Kier alpha value is -3.97. The summed E-state index contributed by atoms with van der Waals surface area (Å²) >= 11 is 6.16. The van der Waals surface area contributed by atoms with Gasteiger partial charge in [-0.15, -0.1) is 0 Å². The van der Waals surface area contributed by atoms with Crippen LogP contribution in [0.15, 0.2) is 72.3 Å². The van der Waals surface area contributed by atoms with Crippen LogP contribution in [0.3, 0.4) is 0 Å². The van der Waals surface area contributed by atoms with Gasteiger partial charge < -0.3 is 24.2 Å². The molecular weight excluding hydrogens is 494 g/mol. The van der Waals surface area contributed by atoms with Crippen molar-refractivity contribution in [2.24, 2.45) is 0 Å². The highest BCUT2D eigenvalue weighted by Crippen LogP contribution is 2.42. The molecule has 8 heteroatoms. The molecule has 0 spiro atoms. The van der Waals surface area contributed by atoms with Crippen LogP contribution in [0.5, 0.6) is 17.2 Å². The molecule has 1 amide bonds. The molecule has 3 aromatic carbocycles. The number of carbonyl (C=O) groups is 2. The van der Waals surface area contributed by atoms with E-state index in [1.54, 1.807) is 49.6 Å². The summed E-state index contributed by atoms with van der Waals surface area (Å²) in [7, 11) is 3.00. The lowest BCUT2D eigenvalue weighted by atomic mass is 9.95. The Kier molecular flexibility index (Phi) is 7.74. The van der Waals surface area contributed by atoms with Crippen LogP contribution in [0.25, 0.3) is 5.76 Å². The highest BCUT2D eigenvalue weighted by atomic mass is 35.5. The van der Waals surface area contributed by atoms with Gasteiger partial charge in [0.05, 0.1) is 43.5 Å². The number of ketones is 1. The van der Waals surface area contributed by atoms with E-state index < -0.39 is 17.7 Å². The van der Waals surface area contributed by atoms with Crippen LogP contribution in [0.1, 0.15) is 36.6 Å². The first kappa shape index (κ1) is 26.1. The van der Waals surface area contributed by atoms with Crippen molar-refractivity contribution in [1.29, 1.82) is 0 Å². The van der Waals surface area contributed by atoms with Crippen molar-refractivity contribution in [2.75, 3.05) is 14.2 Å². The third kappa shape index (κ3) is 5.27. The molecule has 7 nitrogen and oxygen atoms in total. The van der Waals surface area contributed by atoms with Gasteiger partial charge in [-0.25, -0.2) is 0 Å². The summed E-state index contributed by atoms with van der Waals surface area (Å²) in [6.07, 6.45) is -0.0725.